The van der Waals surface area contributed by atoms with Crippen molar-refractivity contribution in [1.82, 2.24) is 14.8 Å². The summed E-state index contributed by atoms with van der Waals surface area (Å²) in [4.78, 5) is 11.3. The maximum absolute atomic E-state index is 11.3. The van der Waals surface area contributed by atoms with Crippen LogP contribution in [0.1, 0.15) is 0 Å². The van der Waals surface area contributed by atoms with Crippen LogP contribution in [0.5, 0.6) is 0 Å². The third-order valence-electron chi connectivity index (χ3n) is 2.02. The van der Waals surface area contributed by atoms with Crippen molar-refractivity contribution >= 4 is 0 Å². The molecule has 0 radical (unpaired) electrons. The van der Waals surface area contributed by atoms with Gasteiger partial charge in [-0.25, -0.2) is 0 Å². The van der Waals surface area contributed by atoms with Crippen molar-refractivity contribution in [2.45, 2.75) is 0 Å². The number of aryl methyl sites for hydroxylation is 1. The van der Waals surface area contributed by atoms with Crippen molar-refractivity contribution in [2.24, 2.45) is 7.05 Å². The molecule has 0 amide bonds. The number of pyridine rings is 1. The average Bonchev–Trinajstić information content (AvgIpc) is 2.23. The molecule has 2 aromatic rings. The lowest BCUT2D eigenvalue weighted by molar-refractivity contribution is 0.861. The Labute approximate surface area is 80.9 Å². The molecule has 0 fully saturated rings. The lowest BCUT2D eigenvalue weighted by Crippen LogP contribution is -2.14. The first kappa shape index (κ1) is 8.62. The van der Waals surface area contributed by atoms with Gasteiger partial charge in [-0.3, -0.25) is 4.79 Å². The number of hydrogen-bond donors (Lipinski definition) is 0. The highest BCUT2D eigenvalue weighted by atomic mass is 16.1. The Morgan fingerprint density at radius 2 is 2.07 bits per heavy atom. The molecule has 0 atom stereocenters. The molecule has 4 nitrogen and oxygen atoms in total. The van der Waals surface area contributed by atoms with Gasteiger partial charge in [0, 0.05) is 24.9 Å². The van der Waals surface area contributed by atoms with Crippen LogP contribution in [0.4, 0.5) is 0 Å². The molecule has 0 N–H and O–H groups in total. The second-order valence-electron chi connectivity index (χ2n) is 3.00. The van der Waals surface area contributed by atoms with Gasteiger partial charge >= 0.3 is 0 Å². The Morgan fingerprint density at radius 1 is 1.21 bits per heavy atom. The van der Waals surface area contributed by atoms with E-state index < -0.39 is 0 Å². The first-order chi connectivity index (χ1) is 6.77. The number of aromatic nitrogens is 3. The second kappa shape index (κ2) is 3.41. The molecule has 70 valence electrons. The minimum atomic E-state index is -0.0284. The lowest BCUT2D eigenvalue weighted by atomic mass is 10.1. The molecule has 0 aliphatic rings. The molecular weight excluding hydrogens is 178 g/mol. The van der Waals surface area contributed by atoms with Gasteiger partial charge in [0.15, 0.2) is 0 Å². The van der Waals surface area contributed by atoms with Gasteiger partial charge in [-0.05, 0) is 17.7 Å². The second-order valence-corrected chi connectivity index (χ2v) is 3.00. The van der Waals surface area contributed by atoms with Gasteiger partial charge in [0.25, 0.3) is 5.56 Å². The molecule has 2 rings (SSSR count). The first-order valence-corrected chi connectivity index (χ1v) is 4.21. The molecule has 0 aromatic carbocycles. The van der Waals surface area contributed by atoms with Crippen molar-refractivity contribution in [1.29, 1.82) is 0 Å². The molecule has 2 heterocycles. The zero-order valence-electron chi connectivity index (χ0n) is 7.71. The van der Waals surface area contributed by atoms with Crippen LogP contribution in [0.3, 0.4) is 0 Å². The van der Waals surface area contributed by atoms with Crippen molar-refractivity contribution in [2.75, 3.05) is 0 Å². The van der Waals surface area contributed by atoms with Crippen LogP contribution >= 0.6 is 0 Å². The Balaban J connectivity index is 2.54. The summed E-state index contributed by atoms with van der Waals surface area (Å²) >= 11 is 0. The average molecular weight is 187 g/mol. The topological polar surface area (TPSA) is 47.8 Å². The largest absolute Gasteiger partial charge is 0.319 e. The fraction of sp³-hybridized carbons (Fsp3) is 0.100. The molecule has 14 heavy (non-hydrogen) atoms. The normalized spacial score (nSPS) is 10.1. The highest BCUT2D eigenvalue weighted by Gasteiger charge is 1.98. The SMILES string of the molecule is Cn1ccc(-c2ccnnc2)cc1=O. The van der Waals surface area contributed by atoms with E-state index in [0.29, 0.717) is 0 Å². The minimum Gasteiger partial charge on any atom is -0.319 e. The fourth-order valence-corrected chi connectivity index (χ4v) is 1.19. The summed E-state index contributed by atoms with van der Waals surface area (Å²) in [6.45, 7) is 0. The standard InChI is InChI=1S/C10H9N3O/c1-13-5-3-8(6-10(13)14)9-2-4-11-12-7-9/h2-7H,1H3. The molecule has 0 saturated carbocycles. The highest BCUT2D eigenvalue weighted by Crippen LogP contribution is 2.13. The van der Waals surface area contributed by atoms with E-state index in [1.165, 1.54) is 4.57 Å². The van der Waals surface area contributed by atoms with Gasteiger partial charge in [0.2, 0.25) is 0 Å². The summed E-state index contributed by atoms with van der Waals surface area (Å²) in [6, 6.07) is 5.28. The van der Waals surface area contributed by atoms with E-state index in [1.54, 1.807) is 31.7 Å². The third-order valence-corrected chi connectivity index (χ3v) is 2.02. The highest BCUT2D eigenvalue weighted by molar-refractivity contribution is 5.60. The van der Waals surface area contributed by atoms with Gasteiger partial charge in [-0.1, -0.05) is 0 Å². The molecule has 0 bridgehead atoms. The van der Waals surface area contributed by atoms with Crippen molar-refractivity contribution in [3.63, 3.8) is 0 Å². The summed E-state index contributed by atoms with van der Waals surface area (Å²) in [6.07, 6.45) is 4.97. The quantitative estimate of drug-likeness (QED) is 0.664. The molecule has 0 aliphatic heterocycles. The van der Waals surface area contributed by atoms with Crippen LogP contribution in [0, 0.1) is 0 Å². The van der Waals surface area contributed by atoms with Gasteiger partial charge in [0.05, 0.1) is 12.4 Å². The van der Waals surface area contributed by atoms with E-state index >= 15 is 0 Å². The van der Waals surface area contributed by atoms with Gasteiger partial charge in [-0.2, -0.15) is 10.2 Å². The summed E-state index contributed by atoms with van der Waals surface area (Å²) in [5.41, 5.74) is 1.74. The van der Waals surface area contributed by atoms with E-state index in [2.05, 4.69) is 10.2 Å². The minimum absolute atomic E-state index is 0.0284. The summed E-state index contributed by atoms with van der Waals surface area (Å²) in [5.74, 6) is 0. The summed E-state index contributed by atoms with van der Waals surface area (Å²) in [7, 11) is 1.72. The van der Waals surface area contributed by atoms with E-state index in [-0.39, 0.29) is 5.56 Å². The van der Waals surface area contributed by atoms with E-state index in [0.717, 1.165) is 11.1 Å². The van der Waals surface area contributed by atoms with Crippen LogP contribution in [0.2, 0.25) is 0 Å². The van der Waals surface area contributed by atoms with Crippen LogP contribution in [-0.4, -0.2) is 14.8 Å². The van der Waals surface area contributed by atoms with Crippen molar-refractivity contribution in [3.8, 4) is 11.1 Å². The number of nitrogens with zero attached hydrogens (tertiary/aromatic N) is 3. The van der Waals surface area contributed by atoms with Crippen LogP contribution in [0.15, 0.2) is 41.6 Å². The summed E-state index contributed by atoms with van der Waals surface area (Å²) < 4.78 is 1.53. The molecule has 2 aromatic heterocycles. The fourth-order valence-electron chi connectivity index (χ4n) is 1.19. The first-order valence-electron chi connectivity index (χ1n) is 4.21. The van der Waals surface area contributed by atoms with Crippen molar-refractivity contribution < 1.29 is 0 Å². The zero-order chi connectivity index (χ0) is 9.97. The zero-order valence-corrected chi connectivity index (χ0v) is 7.71. The third kappa shape index (κ3) is 1.54. The smallest absolute Gasteiger partial charge is 0.250 e. The Bertz CT molecular complexity index is 490. The van der Waals surface area contributed by atoms with Crippen molar-refractivity contribution in [3.05, 3.63) is 47.1 Å². The van der Waals surface area contributed by atoms with E-state index in [4.69, 9.17) is 0 Å². The van der Waals surface area contributed by atoms with E-state index in [1.807, 2.05) is 12.1 Å². The number of hydrogen-bond acceptors (Lipinski definition) is 3. The molecule has 0 unspecified atom stereocenters. The molecule has 0 saturated heterocycles. The summed E-state index contributed by atoms with van der Waals surface area (Å²) in [5, 5.41) is 7.43. The maximum atomic E-state index is 11.3. The van der Waals surface area contributed by atoms with Gasteiger partial charge in [0.1, 0.15) is 0 Å². The monoisotopic (exact) mass is 187 g/mol. The number of rotatable bonds is 1. The predicted molar refractivity (Wildman–Crippen MR) is 52.7 cm³/mol. The van der Waals surface area contributed by atoms with E-state index in [9.17, 15) is 4.79 Å². The van der Waals surface area contributed by atoms with Crippen LogP contribution < -0.4 is 5.56 Å². The lowest BCUT2D eigenvalue weighted by Gasteiger charge is -2.00. The van der Waals surface area contributed by atoms with Gasteiger partial charge < -0.3 is 4.57 Å². The Kier molecular flexibility index (Phi) is 2.10. The Morgan fingerprint density at radius 3 is 2.71 bits per heavy atom. The van der Waals surface area contributed by atoms with Crippen LogP contribution in [-0.2, 0) is 7.05 Å². The molecule has 4 heteroatoms. The molecular formula is C10H9N3O. The van der Waals surface area contributed by atoms with Gasteiger partial charge in [-0.15, -0.1) is 0 Å². The predicted octanol–water partition coefficient (Wildman–Crippen LogP) is 0.842. The molecule has 0 aliphatic carbocycles. The van der Waals surface area contributed by atoms with Crippen LogP contribution in [0.25, 0.3) is 11.1 Å². The maximum Gasteiger partial charge on any atom is 0.250 e. The Hall–Kier alpha value is -1.97. The molecule has 0 spiro atoms.